The molecule has 0 aliphatic rings. The summed E-state index contributed by atoms with van der Waals surface area (Å²) in [6, 6.07) is 12.6. The van der Waals surface area contributed by atoms with Gasteiger partial charge in [-0.25, -0.2) is 16.8 Å². The fourth-order valence-corrected chi connectivity index (χ4v) is 4.31. The van der Waals surface area contributed by atoms with E-state index in [0.717, 1.165) is 49.7 Å². The molecule has 0 heterocycles. The number of rotatable bonds is 12. The number of hydrogen-bond acceptors (Lipinski definition) is 6. The van der Waals surface area contributed by atoms with Crippen LogP contribution in [-0.4, -0.2) is 74.8 Å². The number of hydrogen-bond donors (Lipinski definition) is 0. The minimum absolute atomic E-state index is 0. The summed E-state index contributed by atoms with van der Waals surface area (Å²) in [6.07, 6.45) is 10.8. The summed E-state index contributed by atoms with van der Waals surface area (Å²) < 4.78 is 64.8. The largest absolute Gasteiger partial charge is 2.00 e. The summed E-state index contributed by atoms with van der Waals surface area (Å²) in [5, 5.41) is 0. The molecule has 2 rings (SSSR count). The Balaban J connectivity index is 0.000000602. The van der Waals surface area contributed by atoms with Gasteiger partial charge in [0, 0.05) is 0 Å². The zero-order valence-electron chi connectivity index (χ0n) is 19.7. The summed E-state index contributed by atoms with van der Waals surface area (Å²) in [4.78, 5) is -0.249. The van der Waals surface area contributed by atoms with E-state index in [1.165, 1.54) is 49.9 Å². The van der Waals surface area contributed by atoms with Crippen LogP contribution in [0.5, 0.6) is 0 Å². The first-order chi connectivity index (χ1) is 15.1. The van der Waals surface area contributed by atoms with Crippen LogP contribution >= 0.6 is 0 Å². The summed E-state index contributed by atoms with van der Waals surface area (Å²) in [5.74, 6) is 0. The van der Waals surface area contributed by atoms with Gasteiger partial charge in [-0.1, -0.05) is 76.6 Å². The van der Waals surface area contributed by atoms with Crippen molar-refractivity contribution >= 4 is 69.1 Å². The van der Waals surface area contributed by atoms with Crippen LogP contribution in [0.25, 0.3) is 0 Å². The van der Waals surface area contributed by atoms with E-state index >= 15 is 0 Å². The number of unbranched alkanes of at least 4 members (excludes halogenated alkanes) is 6. The molecule has 0 fully saturated rings. The van der Waals surface area contributed by atoms with Gasteiger partial charge in [0.2, 0.25) is 0 Å². The van der Waals surface area contributed by atoms with Crippen LogP contribution in [-0.2, 0) is 33.1 Å². The molecule has 0 saturated heterocycles. The van der Waals surface area contributed by atoms with Gasteiger partial charge >= 0.3 is 48.9 Å². The molecule has 0 bridgehead atoms. The Labute approximate surface area is 240 Å². The van der Waals surface area contributed by atoms with Crippen LogP contribution in [0.1, 0.15) is 76.3 Å². The maximum absolute atomic E-state index is 10.8. The van der Waals surface area contributed by atoms with E-state index in [2.05, 4.69) is 13.8 Å². The Morgan fingerprint density at radius 2 is 0.970 bits per heavy atom. The molecule has 0 aliphatic carbocycles. The van der Waals surface area contributed by atoms with Crippen molar-refractivity contribution in [2.75, 3.05) is 0 Å². The van der Waals surface area contributed by atoms with E-state index in [1.54, 1.807) is 12.1 Å². The number of aryl methyl sites for hydroxylation is 2. The molecule has 180 valence electrons. The van der Waals surface area contributed by atoms with Crippen molar-refractivity contribution < 1.29 is 25.9 Å². The van der Waals surface area contributed by atoms with Crippen LogP contribution in [0.4, 0.5) is 0 Å². The molecule has 0 saturated carbocycles. The van der Waals surface area contributed by atoms with Crippen molar-refractivity contribution in [3.63, 3.8) is 0 Å². The Morgan fingerprint density at radius 1 is 0.606 bits per heavy atom. The molecule has 0 aliphatic heterocycles. The standard InChI is InChI=1S/2C12H18O3S.Ba/c2*1-2-3-4-5-7-11-8-6-9-12(10-11)16(13,14)15;/h2*6,8-10H,2-5,7H2,1H3,(H,13,14,15);/q;;+2/p-2. The fraction of sp³-hybridized carbons (Fsp3) is 0.500. The first-order valence-electron chi connectivity index (χ1n) is 11.2. The van der Waals surface area contributed by atoms with Gasteiger partial charge < -0.3 is 9.11 Å². The van der Waals surface area contributed by atoms with E-state index in [1.807, 2.05) is 12.1 Å². The average molecular weight is 620 g/mol. The van der Waals surface area contributed by atoms with Crippen molar-refractivity contribution in [3.8, 4) is 0 Å². The van der Waals surface area contributed by atoms with Crippen molar-refractivity contribution in [2.24, 2.45) is 0 Å². The zero-order valence-corrected chi connectivity index (χ0v) is 25.7. The smallest absolute Gasteiger partial charge is 0.744 e. The van der Waals surface area contributed by atoms with Crippen LogP contribution in [0, 0.1) is 0 Å². The maximum Gasteiger partial charge on any atom is 2.00 e. The molecule has 2 aromatic rings. The van der Waals surface area contributed by atoms with Crippen LogP contribution in [0.3, 0.4) is 0 Å². The molecule has 2 aromatic carbocycles. The molecular weight excluding hydrogens is 586 g/mol. The molecule has 0 N–H and O–H groups in total. The summed E-state index contributed by atoms with van der Waals surface area (Å²) >= 11 is 0. The quantitative estimate of drug-likeness (QED) is 0.187. The van der Waals surface area contributed by atoms with Crippen LogP contribution in [0.2, 0.25) is 0 Å². The second kappa shape index (κ2) is 17.3. The Bertz CT molecular complexity index is 937. The third-order valence-electron chi connectivity index (χ3n) is 5.01. The van der Waals surface area contributed by atoms with E-state index in [0.29, 0.717) is 0 Å². The second-order valence-electron chi connectivity index (χ2n) is 7.82. The first kappa shape index (κ1) is 32.8. The zero-order chi connectivity index (χ0) is 24.0. The molecule has 6 nitrogen and oxygen atoms in total. The first-order valence-corrected chi connectivity index (χ1v) is 14.0. The van der Waals surface area contributed by atoms with Crippen LogP contribution < -0.4 is 0 Å². The molecule has 33 heavy (non-hydrogen) atoms. The van der Waals surface area contributed by atoms with Gasteiger partial charge in [-0.15, -0.1) is 0 Å². The van der Waals surface area contributed by atoms with Gasteiger partial charge in [0.15, 0.2) is 0 Å². The minimum atomic E-state index is -4.31. The summed E-state index contributed by atoms with van der Waals surface area (Å²) in [6.45, 7) is 4.29. The predicted molar refractivity (Wildman–Crippen MR) is 130 cm³/mol. The van der Waals surface area contributed by atoms with Gasteiger partial charge in [0.25, 0.3) is 0 Å². The van der Waals surface area contributed by atoms with Gasteiger partial charge in [0.05, 0.1) is 9.79 Å². The third kappa shape index (κ3) is 14.7. The van der Waals surface area contributed by atoms with Gasteiger partial charge in [0.1, 0.15) is 20.2 Å². The van der Waals surface area contributed by atoms with Crippen molar-refractivity contribution in [3.05, 3.63) is 59.7 Å². The second-order valence-corrected chi connectivity index (χ2v) is 10.6. The molecule has 9 heteroatoms. The molecule has 0 radical (unpaired) electrons. The van der Waals surface area contributed by atoms with Crippen molar-refractivity contribution in [1.82, 2.24) is 0 Å². The van der Waals surface area contributed by atoms with Crippen LogP contribution in [0.15, 0.2) is 58.3 Å². The average Bonchev–Trinajstić information content (AvgIpc) is 2.74. The molecule has 0 spiro atoms. The molecular formula is C24H34BaO6S2. The summed E-state index contributed by atoms with van der Waals surface area (Å²) in [5.41, 5.74) is 1.85. The fourth-order valence-electron chi connectivity index (χ4n) is 3.22. The Hall–Kier alpha value is -0.169. The number of benzene rings is 2. The van der Waals surface area contributed by atoms with Gasteiger partial charge in [-0.2, -0.15) is 0 Å². The van der Waals surface area contributed by atoms with E-state index in [-0.39, 0.29) is 58.7 Å². The van der Waals surface area contributed by atoms with Crippen molar-refractivity contribution in [1.29, 1.82) is 0 Å². The maximum atomic E-state index is 10.8. The Morgan fingerprint density at radius 3 is 1.27 bits per heavy atom. The predicted octanol–water partition coefficient (Wildman–Crippen LogP) is 5.05. The molecule has 0 aromatic heterocycles. The topological polar surface area (TPSA) is 114 Å². The Kier molecular flexibility index (Phi) is 17.2. The van der Waals surface area contributed by atoms with Crippen molar-refractivity contribution in [2.45, 2.75) is 87.8 Å². The normalized spacial score (nSPS) is 11.3. The van der Waals surface area contributed by atoms with Gasteiger partial charge in [-0.3, -0.25) is 0 Å². The summed E-state index contributed by atoms with van der Waals surface area (Å²) in [7, 11) is -8.62. The molecule has 0 atom stereocenters. The third-order valence-corrected chi connectivity index (χ3v) is 6.67. The van der Waals surface area contributed by atoms with E-state index in [9.17, 15) is 25.9 Å². The van der Waals surface area contributed by atoms with E-state index < -0.39 is 20.2 Å². The van der Waals surface area contributed by atoms with E-state index in [4.69, 9.17) is 0 Å². The SMILES string of the molecule is CCCCCCc1cccc(S(=O)(=O)[O-])c1.CCCCCCc1cccc(S(=O)(=O)[O-])c1.[Ba+2]. The molecule has 0 amide bonds. The minimum Gasteiger partial charge on any atom is -0.744 e. The van der Waals surface area contributed by atoms with Gasteiger partial charge in [-0.05, 0) is 61.1 Å². The molecule has 0 unspecified atom stereocenters. The monoisotopic (exact) mass is 620 g/mol.